The van der Waals surface area contributed by atoms with Gasteiger partial charge in [-0.1, -0.05) is 331 Å². The van der Waals surface area contributed by atoms with Gasteiger partial charge in [0.15, 0.2) is 0 Å². The Kier molecular flexibility index (Phi) is 18.8. The van der Waals surface area contributed by atoms with Crippen molar-refractivity contribution in [3.8, 4) is 55.9 Å². The van der Waals surface area contributed by atoms with Gasteiger partial charge >= 0.3 is 0 Å². The summed E-state index contributed by atoms with van der Waals surface area (Å²) in [7, 11) is 0. The third-order valence-electron chi connectivity index (χ3n) is 25.4. The van der Waals surface area contributed by atoms with Gasteiger partial charge in [0.25, 0.3) is 0 Å². The highest BCUT2D eigenvalue weighted by Gasteiger charge is 2.24. The van der Waals surface area contributed by atoms with E-state index in [9.17, 15) is 0 Å². The van der Waals surface area contributed by atoms with Crippen molar-refractivity contribution < 1.29 is 0 Å². The lowest BCUT2D eigenvalue weighted by molar-refractivity contribution is 1.19. The van der Waals surface area contributed by atoms with Gasteiger partial charge in [-0.2, -0.15) is 0 Å². The minimum absolute atomic E-state index is 1.10. The van der Waals surface area contributed by atoms with Crippen LogP contribution in [0.4, 0.5) is 28.4 Å². The van der Waals surface area contributed by atoms with Gasteiger partial charge in [0, 0.05) is 106 Å². The average molecular weight is 1720 g/mol. The molecule has 0 aliphatic carbocycles. The first-order valence-electron chi connectivity index (χ1n) is 43.2. The summed E-state index contributed by atoms with van der Waals surface area (Å²) in [5.74, 6) is 0. The molecule has 0 radical (unpaired) electrons. The van der Waals surface area contributed by atoms with Gasteiger partial charge in [-0.3, -0.25) is 0 Å². The molecule has 127 heavy (non-hydrogen) atoms. The maximum Gasteiger partial charge on any atom is 0.0553 e. The van der Waals surface area contributed by atoms with Crippen LogP contribution in [0.15, 0.2) is 466 Å². The number of hydrogen-bond donors (Lipinski definition) is 1. The molecule has 0 bridgehead atoms. The molecule has 0 spiro atoms. The van der Waals surface area contributed by atoms with Crippen molar-refractivity contribution >= 4 is 216 Å². The Morgan fingerprint density at radius 2 is 0.567 bits per heavy atom. The Labute approximate surface area is 750 Å². The van der Waals surface area contributed by atoms with E-state index in [1.54, 1.807) is 0 Å². The second kappa shape index (κ2) is 31.7. The molecule has 0 aliphatic rings. The minimum atomic E-state index is 1.10. The lowest BCUT2D eigenvalue weighted by Crippen LogP contribution is -2.09. The SMILES string of the molecule is Brc1ccc2sc3cc(-c4cc5c(c6ccccc46)c4ccccc4n5-c4ccc5ccccc5c4)ccc3c2c1.c1ccc(-c2ccc(N(c3ccc4ccccc4c3)c3ccc4sc5cc(-c6cc7c(c8ccccc68)c6ccccc6n7-c6ccc7ccccc7c6)ccc5c4c3)cc2)cc1.c1ccc(-c2ccc(Nc3ccc4ccccc4c3)cc2)cc1. The van der Waals surface area contributed by atoms with Crippen LogP contribution in [0.2, 0.25) is 0 Å². The van der Waals surface area contributed by atoms with Gasteiger partial charge in [0.1, 0.15) is 0 Å². The predicted octanol–water partition coefficient (Wildman–Crippen LogP) is 35.6. The number of halogens is 1. The number of hydrogen-bond acceptors (Lipinski definition) is 4. The summed E-state index contributed by atoms with van der Waals surface area (Å²) in [6.07, 6.45) is 0. The molecule has 7 heteroatoms. The lowest BCUT2D eigenvalue weighted by Gasteiger charge is -2.26. The molecule has 596 valence electrons. The molecule has 0 unspecified atom stereocenters. The van der Waals surface area contributed by atoms with E-state index in [0.717, 1.165) is 32.9 Å². The highest BCUT2D eigenvalue weighted by molar-refractivity contribution is 9.10. The highest BCUT2D eigenvalue weighted by atomic mass is 79.9. The van der Waals surface area contributed by atoms with E-state index in [1.165, 1.54) is 204 Å². The Bertz CT molecular complexity index is 8830. The summed E-state index contributed by atoms with van der Waals surface area (Å²) in [5.41, 5.74) is 22.7. The number of benzene rings is 22. The summed E-state index contributed by atoms with van der Waals surface area (Å²) in [4.78, 5) is 2.40. The van der Waals surface area contributed by atoms with Crippen LogP contribution in [0.1, 0.15) is 0 Å². The van der Waals surface area contributed by atoms with Gasteiger partial charge in [0.05, 0.1) is 22.1 Å². The molecule has 26 aromatic rings. The number of rotatable bonds is 11. The van der Waals surface area contributed by atoms with Gasteiger partial charge < -0.3 is 19.4 Å². The van der Waals surface area contributed by atoms with E-state index in [-0.39, 0.29) is 0 Å². The lowest BCUT2D eigenvalue weighted by atomic mass is 9.94. The number of nitrogens with one attached hydrogen (secondary N) is 1. The van der Waals surface area contributed by atoms with Crippen LogP contribution in [-0.4, -0.2) is 9.13 Å². The Morgan fingerprint density at radius 1 is 0.205 bits per heavy atom. The summed E-state index contributed by atoms with van der Waals surface area (Å²) < 4.78 is 11.2. The molecule has 22 aromatic carbocycles. The van der Waals surface area contributed by atoms with Gasteiger partial charge in [-0.05, 0) is 255 Å². The molecular formula is C120H77BrN4S2. The molecule has 0 fully saturated rings. The second-order valence-corrected chi connectivity index (χ2v) is 35.9. The quantitative estimate of drug-likeness (QED) is 0.140. The summed E-state index contributed by atoms with van der Waals surface area (Å²) in [6, 6.07) is 168. The zero-order valence-corrected chi connectivity index (χ0v) is 72.1. The van der Waals surface area contributed by atoms with Crippen LogP contribution in [-0.2, 0) is 0 Å². The van der Waals surface area contributed by atoms with Gasteiger partial charge in [-0.15, -0.1) is 22.7 Å². The van der Waals surface area contributed by atoms with Crippen LogP contribution in [0.25, 0.3) is 204 Å². The van der Waals surface area contributed by atoms with Crippen LogP contribution >= 0.6 is 38.6 Å². The van der Waals surface area contributed by atoms with E-state index in [4.69, 9.17) is 0 Å². The standard InChI is InChI=1S/C60H38N2S.C38H22BrNS.C22H17N/c1-2-12-39(13-3-1)42-22-27-46(28-23-42)61(47-29-24-40-14-4-6-16-43(40)34-47)49-31-33-58-55(37-49)51-32-26-45(36-59(51)63-58)54-38-57-60(52-19-9-8-18-50(52)54)53-20-10-11-21-56(53)62(57)48-30-25-41-15-5-7-17-44(41)35-48;39-26-15-18-36-33(21-26)29-17-14-25(20-37(29)41-36)32-22-35-38(30-10-4-3-9-28(30)32)31-11-5-6-12-34(31)40(35)27-16-13-23-7-1-2-8-24(23)19-27;1-2-6-17(7-3-1)19-10-13-21(14-11-19)23-22-15-12-18-8-4-5-9-20(18)16-22/h1-38H;1-22H;1-16,23H. The summed E-state index contributed by atoms with van der Waals surface area (Å²) >= 11 is 7.40. The molecule has 26 rings (SSSR count). The van der Waals surface area contributed by atoms with Crippen molar-refractivity contribution in [2.24, 2.45) is 0 Å². The first-order chi connectivity index (χ1) is 62.8. The first kappa shape index (κ1) is 75.3. The van der Waals surface area contributed by atoms with Crippen LogP contribution in [0.5, 0.6) is 0 Å². The molecule has 4 aromatic heterocycles. The van der Waals surface area contributed by atoms with E-state index >= 15 is 0 Å². The van der Waals surface area contributed by atoms with Crippen LogP contribution < -0.4 is 10.2 Å². The molecule has 0 saturated heterocycles. The van der Waals surface area contributed by atoms with Crippen LogP contribution in [0, 0.1) is 0 Å². The number of thiophene rings is 2. The number of para-hydroxylation sites is 2. The second-order valence-electron chi connectivity index (χ2n) is 32.9. The van der Waals surface area contributed by atoms with E-state index < -0.39 is 0 Å². The fourth-order valence-electron chi connectivity index (χ4n) is 19.3. The Morgan fingerprint density at radius 3 is 1.08 bits per heavy atom. The van der Waals surface area contributed by atoms with E-state index in [2.05, 4.69) is 490 Å². The molecular weight excluding hydrogens is 1640 g/mol. The minimum Gasteiger partial charge on any atom is -0.356 e. The molecule has 0 amide bonds. The molecule has 4 heterocycles. The largest absolute Gasteiger partial charge is 0.356 e. The van der Waals surface area contributed by atoms with Crippen molar-refractivity contribution in [1.82, 2.24) is 9.13 Å². The fraction of sp³-hybridized carbons (Fsp3) is 0. The maximum atomic E-state index is 3.66. The maximum absolute atomic E-state index is 3.66. The van der Waals surface area contributed by atoms with Crippen molar-refractivity contribution in [3.63, 3.8) is 0 Å². The molecule has 0 saturated carbocycles. The van der Waals surface area contributed by atoms with Gasteiger partial charge in [0.2, 0.25) is 0 Å². The smallest absolute Gasteiger partial charge is 0.0553 e. The zero-order chi connectivity index (χ0) is 84.0. The Balaban J connectivity index is 0.000000119. The van der Waals surface area contributed by atoms with Crippen molar-refractivity contribution in [1.29, 1.82) is 0 Å². The third kappa shape index (κ3) is 13.7. The molecule has 0 aliphatic heterocycles. The fourth-order valence-corrected chi connectivity index (χ4v) is 21.9. The number of aromatic nitrogens is 2. The third-order valence-corrected chi connectivity index (χ3v) is 28.1. The summed E-state index contributed by atoms with van der Waals surface area (Å²) in [5, 5.41) is 28.8. The Hall–Kier alpha value is -15.5. The van der Waals surface area contributed by atoms with Gasteiger partial charge in [-0.25, -0.2) is 0 Å². The van der Waals surface area contributed by atoms with E-state index in [1.807, 2.05) is 28.7 Å². The number of nitrogens with zero attached hydrogens (tertiary/aromatic N) is 3. The van der Waals surface area contributed by atoms with Crippen LogP contribution in [0.3, 0.4) is 0 Å². The highest BCUT2D eigenvalue weighted by Crippen LogP contribution is 2.49. The molecule has 0 atom stereocenters. The van der Waals surface area contributed by atoms with Crippen molar-refractivity contribution in [2.45, 2.75) is 0 Å². The first-order valence-corrected chi connectivity index (χ1v) is 45.6. The predicted molar refractivity (Wildman–Crippen MR) is 553 cm³/mol. The van der Waals surface area contributed by atoms with Crippen molar-refractivity contribution in [2.75, 3.05) is 10.2 Å². The zero-order valence-electron chi connectivity index (χ0n) is 68.9. The number of anilines is 5. The topological polar surface area (TPSA) is 25.1 Å². The van der Waals surface area contributed by atoms with Crippen molar-refractivity contribution in [3.05, 3.63) is 466 Å². The van der Waals surface area contributed by atoms with E-state index in [0.29, 0.717) is 0 Å². The summed E-state index contributed by atoms with van der Waals surface area (Å²) in [6.45, 7) is 0. The number of fused-ring (bicyclic) bond motifs is 20. The molecule has 1 N–H and O–H groups in total. The normalized spacial score (nSPS) is 11.7. The monoisotopic (exact) mass is 1720 g/mol. The molecule has 4 nitrogen and oxygen atoms in total. The average Bonchev–Trinajstić information content (AvgIpc) is 1.58.